The van der Waals surface area contributed by atoms with Gasteiger partial charge in [-0.25, -0.2) is 4.79 Å². The van der Waals surface area contributed by atoms with E-state index in [0.29, 0.717) is 18.5 Å². The van der Waals surface area contributed by atoms with Gasteiger partial charge in [-0.2, -0.15) is 0 Å². The Hall–Kier alpha value is -1.89. The topological polar surface area (TPSA) is 104 Å². The van der Waals surface area contributed by atoms with Gasteiger partial charge in [0, 0.05) is 18.5 Å². The van der Waals surface area contributed by atoms with Gasteiger partial charge in [0.15, 0.2) is 0 Å². The van der Waals surface area contributed by atoms with Crippen molar-refractivity contribution in [2.24, 2.45) is 11.8 Å². The van der Waals surface area contributed by atoms with E-state index in [2.05, 4.69) is 15.8 Å². The average Bonchev–Trinajstić information content (AvgIpc) is 2.89. The maximum Gasteiger partial charge on any atom is 0.374 e. The van der Waals surface area contributed by atoms with Crippen molar-refractivity contribution < 1.29 is 19.2 Å². The molecule has 3 N–H and O–H groups in total. The second-order valence-corrected chi connectivity index (χ2v) is 6.13. The molecule has 0 bridgehead atoms. The smallest absolute Gasteiger partial charge is 0.374 e. The zero-order valence-electron chi connectivity index (χ0n) is 13.0. The van der Waals surface area contributed by atoms with Gasteiger partial charge >= 0.3 is 5.97 Å². The van der Waals surface area contributed by atoms with Crippen LogP contribution in [0.5, 0.6) is 0 Å². The molecule has 1 saturated heterocycles. The van der Waals surface area contributed by atoms with Crippen molar-refractivity contribution in [2.75, 3.05) is 13.1 Å². The lowest BCUT2D eigenvalue weighted by atomic mass is 9.81. The van der Waals surface area contributed by atoms with Gasteiger partial charge in [0.2, 0.25) is 11.7 Å². The largest absolute Gasteiger partial charge is 0.475 e. The van der Waals surface area contributed by atoms with Crippen LogP contribution in [0.25, 0.3) is 0 Å². The number of carboxylic acids is 1. The van der Waals surface area contributed by atoms with Crippen LogP contribution >= 0.6 is 0 Å². The standard InChI is InChI=1S/C15H23N3O4/c1-9(2)17-14(19)6-10-3-4-16-8-11(10)5-12-7-13(15(20)21)22-18-12/h7,9-11,16H,3-6,8H2,1-2H3,(H,17,19)(H,20,21)/t10-,11+/m1/s1. The molecule has 1 aromatic rings. The number of nitrogens with one attached hydrogen (secondary N) is 2. The Labute approximate surface area is 129 Å². The second kappa shape index (κ2) is 7.40. The Morgan fingerprint density at radius 1 is 1.50 bits per heavy atom. The van der Waals surface area contributed by atoms with E-state index in [0.717, 1.165) is 19.5 Å². The number of aromatic nitrogens is 1. The molecule has 1 amide bonds. The number of carbonyl (C=O) groups is 2. The minimum atomic E-state index is -1.12. The highest BCUT2D eigenvalue weighted by atomic mass is 16.5. The Bertz CT molecular complexity index is 527. The zero-order valence-corrected chi connectivity index (χ0v) is 13.0. The Morgan fingerprint density at radius 2 is 2.27 bits per heavy atom. The van der Waals surface area contributed by atoms with Crippen molar-refractivity contribution in [3.05, 3.63) is 17.5 Å². The number of carboxylic acid groups (broad SMARTS) is 1. The van der Waals surface area contributed by atoms with Crippen LogP contribution in [0.3, 0.4) is 0 Å². The van der Waals surface area contributed by atoms with E-state index >= 15 is 0 Å². The van der Waals surface area contributed by atoms with Crippen molar-refractivity contribution in [1.29, 1.82) is 0 Å². The molecule has 1 aliphatic rings. The maximum absolute atomic E-state index is 12.0. The van der Waals surface area contributed by atoms with Gasteiger partial charge in [-0.15, -0.1) is 0 Å². The molecule has 2 atom stereocenters. The zero-order chi connectivity index (χ0) is 16.1. The first kappa shape index (κ1) is 16.5. The van der Waals surface area contributed by atoms with E-state index in [1.54, 1.807) is 0 Å². The van der Waals surface area contributed by atoms with Crippen molar-refractivity contribution in [2.45, 2.75) is 39.2 Å². The van der Waals surface area contributed by atoms with E-state index in [1.807, 2.05) is 13.8 Å². The van der Waals surface area contributed by atoms with Gasteiger partial charge in [-0.05, 0) is 51.6 Å². The first-order chi connectivity index (χ1) is 10.5. The average molecular weight is 309 g/mol. The molecule has 7 nitrogen and oxygen atoms in total. The van der Waals surface area contributed by atoms with Gasteiger partial charge in [0.1, 0.15) is 0 Å². The fourth-order valence-corrected chi connectivity index (χ4v) is 2.88. The van der Waals surface area contributed by atoms with E-state index in [1.165, 1.54) is 6.07 Å². The molecule has 0 aliphatic carbocycles. The summed E-state index contributed by atoms with van der Waals surface area (Å²) in [6.07, 6.45) is 2.04. The van der Waals surface area contributed by atoms with E-state index < -0.39 is 5.97 Å². The monoisotopic (exact) mass is 309 g/mol. The van der Waals surface area contributed by atoms with Crippen LogP contribution in [-0.4, -0.2) is 41.3 Å². The van der Waals surface area contributed by atoms with E-state index in [9.17, 15) is 9.59 Å². The molecule has 1 fully saturated rings. The van der Waals surface area contributed by atoms with E-state index in [-0.39, 0.29) is 29.5 Å². The summed E-state index contributed by atoms with van der Waals surface area (Å²) in [6.45, 7) is 5.59. The summed E-state index contributed by atoms with van der Waals surface area (Å²) in [7, 11) is 0. The van der Waals surface area contributed by atoms with Crippen LogP contribution in [-0.2, 0) is 11.2 Å². The Balaban J connectivity index is 1.96. The van der Waals surface area contributed by atoms with E-state index in [4.69, 9.17) is 9.63 Å². The molecule has 22 heavy (non-hydrogen) atoms. The fourth-order valence-electron chi connectivity index (χ4n) is 2.88. The van der Waals surface area contributed by atoms with Crippen LogP contribution in [0.1, 0.15) is 42.9 Å². The molecular formula is C15H23N3O4. The number of hydrogen-bond donors (Lipinski definition) is 3. The summed E-state index contributed by atoms with van der Waals surface area (Å²) in [5.41, 5.74) is 0.625. The van der Waals surface area contributed by atoms with Crippen LogP contribution in [0.2, 0.25) is 0 Å². The number of aromatic carboxylic acids is 1. The van der Waals surface area contributed by atoms with Crippen molar-refractivity contribution in [3.8, 4) is 0 Å². The summed E-state index contributed by atoms with van der Waals surface area (Å²) in [6, 6.07) is 1.60. The highest BCUT2D eigenvalue weighted by Gasteiger charge is 2.28. The van der Waals surface area contributed by atoms with Gasteiger partial charge < -0.3 is 20.3 Å². The number of amides is 1. The predicted molar refractivity (Wildman–Crippen MR) is 79.5 cm³/mol. The quantitative estimate of drug-likeness (QED) is 0.725. The molecule has 0 aromatic carbocycles. The van der Waals surface area contributed by atoms with Crippen LogP contribution in [0.15, 0.2) is 10.6 Å². The lowest BCUT2D eigenvalue weighted by Gasteiger charge is -2.31. The first-order valence-electron chi connectivity index (χ1n) is 7.64. The highest BCUT2D eigenvalue weighted by molar-refractivity contribution is 5.84. The van der Waals surface area contributed by atoms with Gasteiger partial charge in [-0.1, -0.05) is 5.16 Å². The number of carbonyl (C=O) groups excluding carboxylic acids is 1. The molecular weight excluding hydrogens is 286 g/mol. The lowest BCUT2D eigenvalue weighted by molar-refractivity contribution is -0.123. The third-order valence-corrected chi connectivity index (χ3v) is 3.90. The normalized spacial score (nSPS) is 21.8. The summed E-state index contributed by atoms with van der Waals surface area (Å²) in [5.74, 6) is -0.678. The maximum atomic E-state index is 12.0. The molecule has 0 radical (unpaired) electrons. The second-order valence-electron chi connectivity index (χ2n) is 6.13. The molecule has 1 aliphatic heterocycles. The minimum absolute atomic E-state index is 0.0678. The molecule has 2 rings (SSSR count). The number of nitrogens with zero attached hydrogens (tertiary/aromatic N) is 1. The molecule has 1 aromatic heterocycles. The van der Waals surface area contributed by atoms with Crippen molar-refractivity contribution >= 4 is 11.9 Å². The van der Waals surface area contributed by atoms with Crippen LogP contribution in [0.4, 0.5) is 0 Å². The molecule has 0 unspecified atom stereocenters. The highest BCUT2D eigenvalue weighted by Crippen LogP contribution is 2.26. The summed E-state index contributed by atoms with van der Waals surface area (Å²) < 4.78 is 4.79. The van der Waals surface area contributed by atoms with Crippen molar-refractivity contribution in [1.82, 2.24) is 15.8 Å². The summed E-state index contributed by atoms with van der Waals surface area (Å²) >= 11 is 0. The van der Waals surface area contributed by atoms with Crippen molar-refractivity contribution in [3.63, 3.8) is 0 Å². The lowest BCUT2D eigenvalue weighted by Crippen LogP contribution is -2.41. The summed E-state index contributed by atoms with van der Waals surface area (Å²) in [4.78, 5) is 22.8. The molecule has 2 heterocycles. The molecule has 7 heteroatoms. The Kier molecular flexibility index (Phi) is 5.54. The van der Waals surface area contributed by atoms with Gasteiger partial charge in [0.05, 0.1) is 5.69 Å². The number of rotatable bonds is 6. The molecule has 0 saturated carbocycles. The Morgan fingerprint density at radius 3 is 2.91 bits per heavy atom. The molecule has 122 valence electrons. The van der Waals surface area contributed by atoms with Crippen LogP contribution < -0.4 is 10.6 Å². The van der Waals surface area contributed by atoms with Gasteiger partial charge in [0.25, 0.3) is 0 Å². The summed E-state index contributed by atoms with van der Waals surface area (Å²) in [5, 5.41) is 18.9. The molecule has 0 spiro atoms. The van der Waals surface area contributed by atoms with Gasteiger partial charge in [-0.3, -0.25) is 4.79 Å². The SMILES string of the molecule is CC(C)NC(=O)C[C@H]1CCNC[C@@H]1Cc1cc(C(=O)O)on1. The van der Waals surface area contributed by atoms with Crippen LogP contribution in [0, 0.1) is 11.8 Å². The number of hydrogen-bond acceptors (Lipinski definition) is 5. The number of piperidine rings is 1. The third kappa shape index (κ3) is 4.56. The first-order valence-corrected chi connectivity index (χ1v) is 7.64. The fraction of sp³-hybridized carbons (Fsp3) is 0.667. The minimum Gasteiger partial charge on any atom is -0.475 e. The predicted octanol–water partition coefficient (Wildman–Crippen LogP) is 1.06. The third-order valence-electron chi connectivity index (χ3n) is 3.90.